The number of rotatable bonds is 3. The number of para-hydroxylation sites is 1. The van der Waals surface area contributed by atoms with Crippen LogP contribution in [0.1, 0.15) is 22.7 Å². The van der Waals surface area contributed by atoms with Gasteiger partial charge in [0.25, 0.3) is 0 Å². The maximum atomic E-state index is 13.3. The van der Waals surface area contributed by atoms with E-state index in [0.717, 1.165) is 11.3 Å². The first kappa shape index (κ1) is 13.6. The highest BCUT2D eigenvalue weighted by Crippen LogP contribution is 2.23. The number of anilines is 1. The van der Waals surface area contributed by atoms with E-state index in [1.54, 1.807) is 6.07 Å². The second-order valence-corrected chi connectivity index (χ2v) is 4.37. The Hall–Kier alpha value is -2.85. The van der Waals surface area contributed by atoms with Crippen LogP contribution in [0, 0.1) is 35.4 Å². The van der Waals surface area contributed by atoms with Crippen LogP contribution in [-0.2, 0) is 0 Å². The van der Waals surface area contributed by atoms with Crippen molar-refractivity contribution in [2.75, 3.05) is 5.32 Å². The normalized spacial score (nSPS) is 11.2. The summed E-state index contributed by atoms with van der Waals surface area (Å²) in [5, 5.41) is 21.2. The topological polar surface area (TPSA) is 59.6 Å². The lowest BCUT2D eigenvalue weighted by atomic mass is 10.0. The molecule has 0 aromatic heterocycles. The zero-order valence-electron chi connectivity index (χ0n) is 10.9. The maximum absolute atomic E-state index is 13.3. The number of aryl methyl sites for hydroxylation is 1. The van der Waals surface area contributed by atoms with Gasteiger partial charge in [-0.15, -0.1) is 0 Å². The highest BCUT2D eigenvalue weighted by Gasteiger charge is 2.13. The summed E-state index contributed by atoms with van der Waals surface area (Å²) < 4.78 is 13.3. The standard InChI is InChI=1S/C16H12FN3/c1-11-4-2-3-5-15(11)20-16(10-19)12-6-7-14(17)13(8-12)9-18/h2-8,16,20H,1H3. The Kier molecular flexibility index (Phi) is 3.98. The fraction of sp³-hybridized carbons (Fsp3) is 0.125. The number of halogens is 1. The van der Waals surface area contributed by atoms with Crippen molar-refractivity contribution in [3.8, 4) is 12.1 Å². The van der Waals surface area contributed by atoms with Crippen LogP contribution in [-0.4, -0.2) is 0 Å². The highest BCUT2D eigenvalue weighted by molar-refractivity contribution is 5.53. The number of benzene rings is 2. The van der Waals surface area contributed by atoms with Crippen molar-refractivity contribution in [3.05, 3.63) is 65.0 Å². The Morgan fingerprint density at radius 1 is 1.15 bits per heavy atom. The Morgan fingerprint density at radius 2 is 1.90 bits per heavy atom. The number of nitrogens with zero attached hydrogens (tertiary/aromatic N) is 2. The van der Waals surface area contributed by atoms with Gasteiger partial charge in [0, 0.05) is 5.69 Å². The van der Waals surface area contributed by atoms with Crippen molar-refractivity contribution in [3.63, 3.8) is 0 Å². The molecule has 98 valence electrons. The van der Waals surface area contributed by atoms with E-state index in [1.165, 1.54) is 18.2 Å². The number of hydrogen-bond acceptors (Lipinski definition) is 3. The molecule has 0 heterocycles. The van der Waals surface area contributed by atoms with Gasteiger partial charge >= 0.3 is 0 Å². The Morgan fingerprint density at radius 3 is 2.55 bits per heavy atom. The number of nitrogens with one attached hydrogen (secondary N) is 1. The van der Waals surface area contributed by atoms with E-state index in [0.29, 0.717) is 5.56 Å². The third-order valence-electron chi connectivity index (χ3n) is 3.02. The lowest BCUT2D eigenvalue weighted by Gasteiger charge is -2.15. The smallest absolute Gasteiger partial charge is 0.140 e. The molecular formula is C16H12FN3. The molecule has 0 saturated carbocycles. The highest BCUT2D eigenvalue weighted by atomic mass is 19.1. The second kappa shape index (κ2) is 5.86. The van der Waals surface area contributed by atoms with Gasteiger partial charge in [-0.1, -0.05) is 24.3 Å². The summed E-state index contributed by atoms with van der Waals surface area (Å²) in [7, 11) is 0. The molecule has 2 aromatic rings. The summed E-state index contributed by atoms with van der Waals surface area (Å²) in [5.74, 6) is -0.580. The maximum Gasteiger partial charge on any atom is 0.140 e. The molecule has 0 amide bonds. The fourth-order valence-electron chi connectivity index (χ4n) is 1.89. The zero-order chi connectivity index (χ0) is 14.5. The van der Waals surface area contributed by atoms with Crippen LogP contribution >= 0.6 is 0 Å². The van der Waals surface area contributed by atoms with E-state index in [1.807, 2.05) is 31.2 Å². The van der Waals surface area contributed by atoms with Crippen molar-refractivity contribution >= 4 is 5.69 Å². The average molecular weight is 265 g/mol. The van der Waals surface area contributed by atoms with Crippen molar-refractivity contribution in [1.82, 2.24) is 0 Å². The van der Waals surface area contributed by atoms with Crippen molar-refractivity contribution in [1.29, 1.82) is 10.5 Å². The monoisotopic (exact) mass is 265 g/mol. The number of nitriles is 2. The van der Waals surface area contributed by atoms with Gasteiger partial charge in [0.2, 0.25) is 0 Å². The van der Waals surface area contributed by atoms with E-state index in [-0.39, 0.29) is 5.56 Å². The van der Waals surface area contributed by atoms with Crippen molar-refractivity contribution in [2.24, 2.45) is 0 Å². The Balaban J connectivity index is 2.33. The lowest BCUT2D eigenvalue weighted by molar-refractivity contribution is 0.623. The van der Waals surface area contributed by atoms with Gasteiger partial charge in [-0.25, -0.2) is 4.39 Å². The van der Waals surface area contributed by atoms with E-state index in [4.69, 9.17) is 5.26 Å². The zero-order valence-corrected chi connectivity index (χ0v) is 10.9. The molecule has 0 radical (unpaired) electrons. The van der Waals surface area contributed by atoms with Crippen LogP contribution in [0.4, 0.5) is 10.1 Å². The first-order chi connectivity index (χ1) is 9.65. The predicted octanol–water partition coefficient (Wildman–Crippen LogP) is 3.68. The predicted molar refractivity (Wildman–Crippen MR) is 74.3 cm³/mol. The van der Waals surface area contributed by atoms with Crippen molar-refractivity contribution in [2.45, 2.75) is 13.0 Å². The quantitative estimate of drug-likeness (QED) is 0.920. The molecule has 0 fully saturated rings. The first-order valence-corrected chi connectivity index (χ1v) is 6.07. The van der Waals surface area contributed by atoms with E-state index in [2.05, 4.69) is 11.4 Å². The van der Waals surface area contributed by atoms with Gasteiger partial charge < -0.3 is 5.32 Å². The molecule has 0 bridgehead atoms. The Bertz CT molecular complexity index is 710. The van der Waals surface area contributed by atoms with Gasteiger partial charge in [0.1, 0.15) is 17.9 Å². The van der Waals surface area contributed by atoms with Gasteiger partial charge in [0.05, 0.1) is 11.6 Å². The van der Waals surface area contributed by atoms with Gasteiger partial charge in [-0.05, 0) is 36.2 Å². The summed E-state index contributed by atoms with van der Waals surface area (Å²) in [6, 6.07) is 15.0. The minimum Gasteiger partial charge on any atom is -0.366 e. The van der Waals surface area contributed by atoms with Crippen LogP contribution in [0.5, 0.6) is 0 Å². The van der Waals surface area contributed by atoms with Crippen LogP contribution < -0.4 is 5.32 Å². The molecule has 1 unspecified atom stereocenters. The van der Waals surface area contributed by atoms with Gasteiger partial charge in [-0.2, -0.15) is 10.5 Å². The summed E-state index contributed by atoms with van der Waals surface area (Å²) in [4.78, 5) is 0. The fourth-order valence-corrected chi connectivity index (χ4v) is 1.89. The molecule has 20 heavy (non-hydrogen) atoms. The van der Waals surface area contributed by atoms with Crippen LogP contribution in [0.2, 0.25) is 0 Å². The molecule has 0 spiro atoms. The third kappa shape index (κ3) is 2.76. The van der Waals surface area contributed by atoms with E-state index >= 15 is 0 Å². The molecule has 0 aliphatic heterocycles. The van der Waals surface area contributed by atoms with E-state index < -0.39 is 11.9 Å². The average Bonchev–Trinajstić information content (AvgIpc) is 2.47. The van der Waals surface area contributed by atoms with Crippen LogP contribution in [0.25, 0.3) is 0 Å². The molecule has 4 heteroatoms. The SMILES string of the molecule is Cc1ccccc1NC(C#N)c1ccc(F)c(C#N)c1. The van der Waals surface area contributed by atoms with Crippen LogP contribution in [0.3, 0.4) is 0 Å². The minimum absolute atomic E-state index is 0.0608. The second-order valence-electron chi connectivity index (χ2n) is 4.37. The summed E-state index contributed by atoms with van der Waals surface area (Å²) in [5.41, 5.74) is 2.35. The molecule has 3 nitrogen and oxygen atoms in total. The summed E-state index contributed by atoms with van der Waals surface area (Å²) in [6.45, 7) is 1.93. The van der Waals surface area contributed by atoms with Gasteiger partial charge in [-0.3, -0.25) is 0 Å². The molecule has 0 aliphatic rings. The van der Waals surface area contributed by atoms with Crippen LogP contribution in [0.15, 0.2) is 42.5 Å². The molecule has 2 rings (SSSR count). The Labute approximate surface area is 116 Å². The molecule has 1 N–H and O–H groups in total. The first-order valence-electron chi connectivity index (χ1n) is 6.07. The van der Waals surface area contributed by atoms with E-state index in [9.17, 15) is 9.65 Å². The van der Waals surface area contributed by atoms with Crippen molar-refractivity contribution < 1.29 is 4.39 Å². The van der Waals surface area contributed by atoms with Gasteiger partial charge in [0.15, 0.2) is 0 Å². The molecule has 0 saturated heterocycles. The largest absolute Gasteiger partial charge is 0.366 e. The minimum atomic E-state index is -0.635. The molecular weight excluding hydrogens is 253 g/mol. The molecule has 1 atom stereocenters. The lowest BCUT2D eigenvalue weighted by Crippen LogP contribution is -2.10. The number of hydrogen-bond donors (Lipinski definition) is 1. The summed E-state index contributed by atoms with van der Waals surface area (Å²) >= 11 is 0. The molecule has 2 aromatic carbocycles. The third-order valence-corrected chi connectivity index (χ3v) is 3.02. The summed E-state index contributed by atoms with van der Waals surface area (Å²) in [6.07, 6.45) is 0. The molecule has 0 aliphatic carbocycles.